The molecule has 0 radical (unpaired) electrons. The standard InChI is InChI=1S/C15H22N2O2/c1-16(2)11-6-7-13-14(9-11)19-15(10-18-13)12-5-4-8-17(12)3/h6-7,9,12,15H,4-5,8,10H2,1-3H3/t12-,15-/m0/s1. The lowest BCUT2D eigenvalue weighted by Crippen LogP contribution is -2.45. The molecule has 0 amide bonds. The van der Waals surface area contributed by atoms with Crippen molar-refractivity contribution in [3.05, 3.63) is 18.2 Å². The van der Waals surface area contributed by atoms with Crippen LogP contribution < -0.4 is 14.4 Å². The smallest absolute Gasteiger partial charge is 0.163 e. The van der Waals surface area contributed by atoms with Gasteiger partial charge in [0.2, 0.25) is 0 Å². The molecule has 0 saturated carbocycles. The number of hydrogen-bond donors (Lipinski definition) is 0. The van der Waals surface area contributed by atoms with E-state index in [9.17, 15) is 0 Å². The average molecular weight is 262 g/mol. The van der Waals surface area contributed by atoms with Crippen LogP contribution in [0.25, 0.3) is 0 Å². The van der Waals surface area contributed by atoms with Gasteiger partial charge in [0.15, 0.2) is 11.5 Å². The van der Waals surface area contributed by atoms with Crippen LogP contribution in [-0.2, 0) is 0 Å². The van der Waals surface area contributed by atoms with E-state index in [-0.39, 0.29) is 6.10 Å². The van der Waals surface area contributed by atoms with Crippen molar-refractivity contribution >= 4 is 5.69 Å². The zero-order chi connectivity index (χ0) is 13.4. The lowest BCUT2D eigenvalue weighted by atomic mass is 10.1. The van der Waals surface area contributed by atoms with E-state index < -0.39 is 0 Å². The van der Waals surface area contributed by atoms with Gasteiger partial charge >= 0.3 is 0 Å². The summed E-state index contributed by atoms with van der Waals surface area (Å²) in [6.45, 7) is 1.82. The number of rotatable bonds is 2. The first-order chi connectivity index (χ1) is 9.15. The summed E-state index contributed by atoms with van der Waals surface area (Å²) in [5, 5.41) is 0. The average Bonchev–Trinajstić information content (AvgIpc) is 2.83. The largest absolute Gasteiger partial charge is 0.486 e. The first-order valence-corrected chi connectivity index (χ1v) is 6.96. The van der Waals surface area contributed by atoms with Crippen LogP contribution in [0.2, 0.25) is 0 Å². The van der Waals surface area contributed by atoms with Crippen molar-refractivity contribution in [1.82, 2.24) is 4.90 Å². The summed E-state index contributed by atoms with van der Waals surface area (Å²) in [5.41, 5.74) is 1.14. The SMILES string of the molecule is CN(C)c1ccc2c(c1)O[C@H]([C@@H]1CCCN1C)CO2. The molecule has 0 aromatic heterocycles. The Labute approximate surface area is 114 Å². The molecule has 2 aliphatic heterocycles. The van der Waals surface area contributed by atoms with Crippen LogP contribution in [0.1, 0.15) is 12.8 Å². The van der Waals surface area contributed by atoms with Crippen LogP contribution in [0.4, 0.5) is 5.69 Å². The third-order valence-corrected chi connectivity index (χ3v) is 4.13. The molecule has 0 spiro atoms. The van der Waals surface area contributed by atoms with Gasteiger partial charge < -0.3 is 14.4 Å². The van der Waals surface area contributed by atoms with Crippen LogP contribution >= 0.6 is 0 Å². The summed E-state index contributed by atoms with van der Waals surface area (Å²) >= 11 is 0. The zero-order valence-electron chi connectivity index (χ0n) is 11.9. The monoisotopic (exact) mass is 262 g/mol. The number of nitrogens with zero attached hydrogens (tertiary/aromatic N) is 2. The summed E-state index contributed by atoms with van der Waals surface area (Å²) in [6.07, 6.45) is 2.61. The molecule has 1 saturated heterocycles. The highest BCUT2D eigenvalue weighted by molar-refractivity contribution is 5.56. The fourth-order valence-electron chi connectivity index (χ4n) is 2.95. The van der Waals surface area contributed by atoms with Crippen LogP contribution in [0, 0.1) is 0 Å². The lowest BCUT2D eigenvalue weighted by molar-refractivity contribution is 0.0369. The van der Waals surface area contributed by atoms with E-state index in [2.05, 4.69) is 29.0 Å². The van der Waals surface area contributed by atoms with Gasteiger partial charge in [-0.15, -0.1) is 0 Å². The molecule has 1 aromatic carbocycles. The van der Waals surface area contributed by atoms with Crippen LogP contribution in [-0.4, -0.2) is 51.3 Å². The predicted molar refractivity (Wildman–Crippen MR) is 76.3 cm³/mol. The quantitative estimate of drug-likeness (QED) is 0.814. The van der Waals surface area contributed by atoms with Crippen molar-refractivity contribution in [3.8, 4) is 11.5 Å². The highest BCUT2D eigenvalue weighted by Crippen LogP contribution is 2.37. The fourth-order valence-corrected chi connectivity index (χ4v) is 2.95. The molecule has 19 heavy (non-hydrogen) atoms. The molecular formula is C15H22N2O2. The van der Waals surface area contributed by atoms with Gasteiger partial charge in [0.25, 0.3) is 0 Å². The molecule has 0 aliphatic carbocycles. The van der Waals surface area contributed by atoms with Crippen molar-refractivity contribution in [3.63, 3.8) is 0 Å². The Kier molecular flexibility index (Phi) is 3.27. The van der Waals surface area contributed by atoms with Crippen LogP contribution in [0.5, 0.6) is 11.5 Å². The zero-order valence-corrected chi connectivity index (χ0v) is 11.9. The minimum atomic E-state index is 0.150. The molecule has 2 aliphatic rings. The normalized spacial score (nSPS) is 26.5. The van der Waals surface area contributed by atoms with Crippen molar-refractivity contribution in [2.45, 2.75) is 25.0 Å². The van der Waals surface area contributed by atoms with Gasteiger partial charge in [-0.25, -0.2) is 0 Å². The number of benzene rings is 1. The molecule has 104 valence electrons. The molecular weight excluding hydrogens is 240 g/mol. The number of likely N-dealkylation sites (tertiary alicyclic amines) is 1. The fraction of sp³-hybridized carbons (Fsp3) is 0.600. The van der Waals surface area contributed by atoms with E-state index in [1.54, 1.807) is 0 Å². The van der Waals surface area contributed by atoms with Gasteiger partial charge in [0.1, 0.15) is 12.7 Å². The predicted octanol–water partition coefficient (Wildman–Crippen LogP) is 1.99. The number of fused-ring (bicyclic) bond motifs is 1. The second-order valence-electron chi connectivity index (χ2n) is 5.68. The molecule has 0 unspecified atom stereocenters. The number of ether oxygens (including phenoxy) is 2. The Balaban J connectivity index is 1.80. The highest BCUT2D eigenvalue weighted by Gasteiger charge is 2.34. The molecule has 3 rings (SSSR count). The number of hydrogen-bond acceptors (Lipinski definition) is 4. The van der Waals surface area contributed by atoms with E-state index in [0.29, 0.717) is 12.6 Å². The van der Waals surface area contributed by atoms with E-state index in [0.717, 1.165) is 23.7 Å². The van der Waals surface area contributed by atoms with Gasteiger partial charge in [-0.05, 0) is 38.6 Å². The minimum Gasteiger partial charge on any atom is -0.486 e. The number of anilines is 1. The lowest BCUT2D eigenvalue weighted by Gasteiger charge is -2.33. The first-order valence-electron chi connectivity index (χ1n) is 6.96. The second-order valence-corrected chi connectivity index (χ2v) is 5.68. The molecule has 2 atom stereocenters. The maximum absolute atomic E-state index is 6.18. The molecule has 0 bridgehead atoms. The summed E-state index contributed by atoms with van der Waals surface area (Å²) in [6, 6.07) is 6.61. The second kappa shape index (κ2) is 4.93. The third-order valence-electron chi connectivity index (χ3n) is 4.13. The summed E-state index contributed by atoms with van der Waals surface area (Å²) in [4.78, 5) is 4.46. The van der Waals surface area contributed by atoms with Crippen LogP contribution in [0.15, 0.2) is 18.2 Å². The molecule has 1 fully saturated rings. The Morgan fingerprint density at radius 1 is 1.26 bits per heavy atom. The summed E-state index contributed by atoms with van der Waals surface area (Å²) < 4.78 is 12.0. The topological polar surface area (TPSA) is 24.9 Å². The van der Waals surface area contributed by atoms with E-state index in [4.69, 9.17) is 9.47 Å². The first kappa shape index (κ1) is 12.6. The minimum absolute atomic E-state index is 0.150. The Morgan fingerprint density at radius 2 is 2.11 bits per heavy atom. The Bertz CT molecular complexity index is 461. The van der Waals surface area contributed by atoms with Crippen molar-refractivity contribution < 1.29 is 9.47 Å². The molecule has 1 aromatic rings. The van der Waals surface area contributed by atoms with E-state index in [1.807, 2.05) is 20.2 Å². The van der Waals surface area contributed by atoms with Gasteiger partial charge in [-0.3, -0.25) is 4.90 Å². The van der Waals surface area contributed by atoms with Gasteiger partial charge in [0.05, 0.1) is 0 Å². The van der Waals surface area contributed by atoms with Crippen molar-refractivity contribution in [2.24, 2.45) is 0 Å². The highest BCUT2D eigenvalue weighted by atomic mass is 16.6. The summed E-state index contributed by atoms with van der Waals surface area (Å²) in [7, 11) is 6.24. The Morgan fingerprint density at radius 3 is 2.79 bits per heavy atom. The molecule has 4 heteroatoms. The number of likely N-dealkylation sites (N-methyl/N-ethyl adjacent to an activating group) is 1. The maximum Gasteiger partial charge on any atom is 0.163 e. The molecule has 0 N–H and O–H groups in total. The maximum atomic E-state index is 6.18. The van der Waals surface area contributed by atoms with Gasteiger partial charge in [-0.1, -0.05) is 0 Å². The molecule has 2 heterocycles. The van der Waals surface area contributed by atoms with E-state index in [1.165, 1.54) is 12.8 Å². The Hall–Kier alpha value is -1.42. The van der Waals surface area contributed by atoms with Crippen LogP contribution in [0.3, 0.4) is 0 Å². The van der Waals surface area contributed by atoms with Gasteiger partial charge in [0, 0.05) is 31.9 Å². The van der Waals surface area contributed by atoms with Gasteiger partial charge in [-0.2, -0.15) is 0 Å². The van der Waals surface area contributed by atoms with E-state index >= 15 is 0 Å². The molecule has 4 nitrogen and oxygen atoms in total. The van der Waals surface area contributed by atoms with Crippen molar-refractivity contribution in [2.75, 3.05) is 39.2 Å². The summed E-state index contributed by atoms with van der Waals surface area (Å²) in [5.74, 6) is 1.74. The third kappa shape index (κ3) is 2.37. The van der Waals surface area contributed by atoms with Crippen molar-refractivity contribution in [1.29, 1.82) is 0 Å².